The summed E-state index contributed by atoms with van der Waals surface area (Å²) in [6.45, 7) is 6.47. The molecule has 0 aromatic rings. The third kappa shape index (κ3) is 46.2. The SMILES string of the molecule is CC\C=C/C=C\C=C/C=C\CCCCCCCC(=O)OC(COC(=O)CCCCCCC/C=C\CCCCCCCCC)COC(=O)CCCCCCCCCCCCC. The van der Waals surface area contributed by atoms with Crippen molar-refractivity contribution in [1.82, 2.24) is 0 Å². The normalized spacial score (nSPS) is 12.5. The average Bonchev–Trinajstić information content (AvgIpc) is 3.24. The molecular weight excluding hydrogens is 745 g/mol. The van der Waals surface area contributed by atoms with Crippen LogP contribution in [0.3, 0.4) is 0 Å². The molecule has 0 amide bonds. The minimum Gasteiger partial charge on any atom is -0.462 e. The van der Waals surface area contributed by atoms with Gasteiger partial charge in [-0.25, -0.2) is 0 Å². The van der Waals surface area contributed by atoms with E-state index in [-0.39, 0.29) is 31.1 Å². The molecule has 1 atom stereocenters. The van der Waals surface area contributed by atoms with Crippen molar-refractivity contribution < 1.29 is 28.6 Å². The lowest BCUT2D eigenvalue weighted by Crippen LogP contribution is -2.30. The molecule has 346 valence electrons. The van der Waals surface area contributed by atoms with Gasteiger partial charge in [0.25, 0.3) is 0 Å². The van der Waals surface area contributed by atoms with Gasteiger partial charge in [0.2, 0.25) is 0 Å². The first-order chi connectivity index (χ1) is 29.5. The quantitative estimate of drug-likeness (QED) is 0.0200. The van der Waals surface area contributed by atoms with Crippen molar-refractivity contribution in [1.29, 1.82) is 0 Å². The lowest BCUT2D eigenvalue weighted by molar-refractivity contribution is -0.167. The minimum absolute atomic E-state index is 0.0850. The molecule has 0 spiro atoms. The predicted octanol–water partition coefficient (Wildman–Crippen LogP) is 16.5. The van der Waals surface area contributed by atoms with Gasteiger partial charge in [0.1, 0.15) is 13.2 Å². The van der Waals surface area contributed by atoms with Crippen molar-refractivity contribution in [3.8, 4) is 0 Å². The van der Waals surface area contributed by atoms with Gasteiger partial charge in [-0.15, -0.1) is 0 Å². The number of unbranched alkanes of at least 4 members (excludes halogenated alkanes) is 27. The molecule has 0 saturated carbocycles. The molecule has 0 saturated heterocycles. The number of ether oxygens (including phenoxy) is 3. The van der Waals surface area contributed by atoms with Crippen molar-refractivity contribution in [3.05, 3.63) is 60.8 Å². The molecule has 0 aromatic heterocycles. The number of esters is 3. The van der Waals surface area contributed by atoms with Gasteiger partial charge in [0.05, 0.1) is 0 Å². The van der Waals surface area contributed by atoms with Crippen LogP contribution in [0.15, 0.2) is 60.8 Å². The van der Waals surface area contributed by atoms with Crippen molar-refractivity contribution in [2.24, 2.45) is 0 Å². The molecule has 6 nitrogen and oxygen atoms in total. The maximum Gasteiger partial charge on any atom is 0.306 e. The van der Waals surface area contributed by atoms with E-state index >= 15 is 0 Å². The van der Waals surface area contributed by atoms with Crippen LogP contribution < -0.4 is 0 Å². The van der Waals surface area contributed by atoms with E-state index in [1.807, 2.05) is 18.2 Å². The van der Waals surface area contributed by atoms with Crippen LogP contribution in [0.1, 0.15) is 245 Å². The summed E-state index contributed by atoms with van der Waals surface area (Å²) in [7, 11) is 0. The van der Waals surface area contributed by atoms with Crippen LogP contribution in [0.5, 0.6) is 0 Å². The first-order valence-electron chi connectivity index (χ1n) is 25.3. The van der Waals surface area contributed by atoms with E-state index in [1.54, 1.807) is 0 Å². The molecule has 0 aliphatic carbocycles. The van der Waals surface area contributed by atoms with E-state index in [0.717, 1.165) is 89.9 Å². The predicted molar refractivity (Wildman–Crippen MR) is 256 cm³/mol. The highest BCUT2D eigenvalue weighted by Crippen LogP contribution is 2.15. The molecule has 60 heavy (non-hydrogen) atoms. The molecule has 0 radical (unpaired) electrons. The fourth-order valence-electron chi connectivity index (χ4n) is 7.04. The lowest BCUT2D eigenvalue weighted by Gasteiger charge is -2.18. The molecular formula is C54H94O6. The number of hydrogen-bond acceptors (Lipinski definition) is 6. The van der Waals surface area contributed by atoms with Crippen LogP contribution in [0.4, 0.5) is 0 Å². The molecule has 0 heterocycles. The summed E-state index contributed by atoms with van der Waals surface area (Å²) >= 11 is 0. The summed E-state index contributed by atoms with van der Waals surface area (Å²) in [5, 5.41) is 0. The van der Waals surface area contributed by atoms with E-state index in [9.17, 15) is 14.4 Å². The molecule has 6 heteroatoms. The first-order valence-corrected chi connectivity index (χ1v) is 25.3. The number of allylic oxidation sites excluding steroid dienone is 10. The molecule has 0 fully saturated rings. The maximum absolute atomic E-state index is 12.8. The van der Waals surface area contributed by atoms with Crippen molar-refractivity contribution in [3.63, 3.8) is 0 Å². The molecule has 0 aliphatic heterocycles. The van der Waals surface area contributed by atoms with Gasteiger partial charge in [-0.05, 0) is 64.2 Å². The highest BCUT2D eigenvalue weighted by atomic mass is 16.6. The van der Waals surface area contributed by atoms with E-state index < -0.39 is 6.10 Å². The van der Waals surface area contributed by atoms with Crippen LogP contribution in [0.2, 0.25) is 0 Å². The van der Waals surface area contributed by atoms with Gasteiger partial charge in [0, 0.05) is 19.3 Å². The first kappa shape index (κ1) is 57.1. The van der Waals surface area contributed by atoms with Crippen LogP contribution in [0, 0.1) is 0 Å². The molecule has 0 bridgehead atoms. The van der Waals surface area contributed by atoms with Gasteiger partial charge in [-0.3, -0.25) is 14.4 Å². The highest BCUT2D eigenvalue weighted by Gasteiger charge is 2.19. The fourth-order valence-corrected chi connectivity index (χ4v) is 7.04. The molecule has 0 aliphatic rings. The number of carbonyl (C=O) groups is 3. The zero-order valence-electron chi connectivity index (χ0n) is 39.5. The van der Waals surface area contributed by atoms with Gasteiger partial charge in [-0.2, -0.15) is 0 Å². The number of carbonyl (C=O) groups excluding carboxylic acids is 3. The number of hydrogen-bond donors (Lipinski definition) is 0. The molecule has 1 unspecified atom stereocenters. The Kier molecular flexibility index (Phi) is 46.4. The van der Waals surface area contributed by atoms with Crippen LogP contribution in [-0.4, -0.2) is 37.2 Å². The Morgan fingerprint density at radius 3 is 1.07 bits per heavy atom. The molecule has 0 N–H and O–H groups in total. The maximum atomic E-state index is 12.8. The molecule has 0 aromatic carbocycles. The monoisotopic (exact) mass is 839 g/mol. The third-order valence-corrected chi connectivity index (χ3v) is 10.9. The lowest BCUT2D eigenvalue weighted by atomic mass is 10.1. The number of rotatable bonds is 45. The Morgan fingerprint density at radius 2 is 0.667 bits per heavy atom. The standard InChI is InChI=1S/C54H94O6/c1-4-7-10-13-16-19-22-24-26-28-29-32-35-38-41-44-47-53(56)59-50-51(49-58-52(55)46-43-40-37-34-31-21-18-15-12-9-6-3)60-54(57)48-45-42-39-36-33-30-27-25-23-20-17-14-11-8-5-2/h8,11,14,17,20,23,25-28,51H,4-7,9-10,12-13,15-16,18-19,21-22,24,29-50H2,1-3H3/b11-8-,17-14-,23-20-,27-25-,28-26-. The van der Waals surface area contributed by atoms with Crippen LogP contribution >= 0.6 is 0 Å². The topological polar surface area (TPSA) is 78.9 Å². The summed E-state index contributed by atoms with van der Waals surface area (Å²) in [5.41, 5.74) is 0. The Balaban J connectivity index is 4.41. The van der Waals surface area contributed by atoms with Gasteiger partial charge >= 0.3 is 17.9 Å². The summed E-state index contributed by atoms with van der Waals surface area (Å²) in [4.78, 5) is 37.9. The second-order valence-electron chi connectivity index (χ2n) is 16.8. The molecule has 0 rings (SSSR count). The van der Waals surface area contributed by atoms with E-state index in [1.165, 1.54) is 116 Å². The highest BCUT2D eigenvalue weighted by molar-refractivity contribution is 5.71. The van der Waals surface area contributed by atoms with Gasteiger partial charge < -0.3 is 14.2 Å². The van der Waals surface area contributed by atoms with Crippen molar-refractivity contribution in [2.75, 3.05) is 13.2 Å². The van der Waals surface area contributed by atoms with Crippen LogP contribution in [0.25, 0.3) is 0 Å². The summed E-state index contributed by atoms with van der Waals surface area (Å²) < 4.78 is 16.8. The van der Waals surface area contributed by atoms with Crippen molar-refractivity contribution >= 4 is 17.9 Å². The Bertz CT molecular complexity index is 1100. The Hall–Kier alpha value is -2.89. The summed E-state index contributed by atoms with van der Waals surface area (Å²) in [6.07, 6.45) is 59.1. The Morgan fingerprint density at radius 1 is 0.350 bits per heavy atom. The average molecular weight is 839 g/mol. The van der Waals surface area contributed by atoms with E-state index in [4.69, 9.17) is 14.2 Å². The largest absolute Gasteiger partial charge is 0.462 e. The van der Waals surface area contributed by atoms with Crippen molar-refractivity contribution in [2.45, 2.75) is 252 Å². The summed E-state index contributed by atoms with van der Waals surface area (Å²) in [6, 6.07) is 0. The van der Waals surface area contributed by atoms with Crippen LogP contribution in [-0.2, 0) is 28.6 Å². The second kappa shape index (κ2) is 48.8. The zero-order valence-corrected chi connectivity index (χ0v) is 39.5. The van der Waals surface area contributed by atoms with Gasteiger partial charge in [-0.1, -0.05) is 223 Å². The zero-order chi connectivity index (χ0) is 43.7. The fraction of sp³-hybridized carbons (Fsp3) is 0.759. The third-order valence-electron chi connectivity index (χ3n) is 10.9. The van der Waals surface area contributed by atoms with E-state index in [0.29, 0.717) is 19.3 Å². The second-order valence-corrected chi connectivity index (χ2v) is 16.8. The van der Waals surface area contributed by atoms with Gasteiger partial charge in [0.15, 0.2) is 6.10 Å². The summed E-state index contributed by atoms with van der Waals surface area (Å²) in [5.74, 6) is -0.914. The Labute approximate surface area is 370 Å². The van der Waals surface area contributed by atoms with E-state index in [2.05, 4.69) is 63.3 Å². The smallest absolute Gasteiger partial charge is 0.306 e. The minimum atomic E-state index is -0.786.